The molecule has 0 aromatic heterocycles. The van der Waals surface area contributed by atoms with Crippen LogP contribution in [0.4, 0.5) is 0 Å². The van der Waals surface area contributed by atoms with E-state index in [2.05, 4.69) is 58.0 Å². The van der Waals surface area contributed by atoms with Crippen LogP contribution < -0.4 is 9.47 Å². The molecule has 2 aliphatic heterocycles. The van der Waals surface area contributed by atoms with Gasteiger partial charge in [-0.1, -0.05) is 30.3 Å². The summed E-state index contributed by atoms with van der Waals surface area (Å²) < 4.78 is 11.9. The van der Waals surface area contributed by atoms with Gasteiger partial charge in [-0.2, -0.15) is 0 Å². The topological polar surface area (TPSA) is 30.8 Å². The lowest BCUT2D eigenvalue weighted by Crippen LogP contribution is -2.30. The minimum absolute atomic E-state index is 0.133. The number of rotatable bonds is 2. The normalized spacial score (nSPS) is 19.5. The first-order valence-electron chi connectivity index (χ1n) is 8.87. The van der Waals surface area contributed by atoms with Gasteiger partial charge in [0.05, 0.1) is 18.4 Å². The van der Waals surface area contributed by atoms with Crippen molar-refractivity contribution >= 4 is 5.71 Å². The van der Waals surface area contributed by atoms with E-state index in [1.807, 2.05) is 6.07 Å². The molecule has 0 atom stereocenters. The third-order valence-electron chi connectivity index (χ3n) is 4.95. The van der Waals surface area contributed by atoms with Crippen molar-refractivity contribution in [2.45, 2.75) is 51.7 Å². The van der Waals surface area contributed by atoms with Crippen molar-refractivity contribution in [1.82, 2.24) is 0 Å². The number of hydrogen-bond donors (Lipinski definition) is 0. The molecule has 3 heteroatoms. The summed E-state index contributed by atoms with van der Waals surface area (Å²) in [5.74, 6) is 1.72. The summed E-state index contributed by atoms with van der Waals surface area (Å²) in [5, 5.41) is 0. The number of fused-ring (bicyclic) bond motifs is 3. The van der Waals surface area contributed by atoms with E-state index < -0.39 is 0 Å². The van der Waals surface area contributed by atoms with Gasteiger partial charge in [0.2, 0.25) is 0 Å². The summed E-state index contributed by atoms with van der Waals surface area (Å²) in [5.41, 5.74) is 5.66. The Morgan fingerprint density at radius 3 is 2.44 bits per heavy atom. The fourth-order valence-corrected chi connectivity index (χ4v) is 4.03. The summed E-state index contributed by atoms with van der Waals surface area (Å²) in [6.45, 7) is 8.65. The highest BCUT2D eigenvalue weighted by atomic mass is 16.5. The lowest BCUT2D eigenvalue weighted by molar-refractivity contribution is 0.134. The van der Waals surface area contributed by atoms with E-state index in [1.165, 1.54) is 16.7 Å². The second kappa shape index (κ2) is 5.35. The van der Waals surface area contributed by atoms with Gasteiger partial charge >= 0.3 is 0 Å². The zero-order chi connectivity index (χ0) is 17.8. The molecule has 0 spiro atoms. The van der Waals surface area contributed by atoms with E-state index in [1.54, 1.807) is 7.11 Å². The van der Waals surface area contributed by atoms with Crippen molar-refractivity contribution in [3.63, 3.8) is 0 Å². The Kier molecular flexibility index (Phi) is 3.47. The zero-order valence-corrected chi connectivity index (χ0v) is 15.6. The fraction of sp³-hybridized carbons (Fsp3) is 0.409. The third kappa shape index (κ3) is 2.72. The zero-order valence-electron chi connectivity index (χ0n) is 15.6. The molecule has 4 rings (SSSR count). The molecule has 25 heavy (non-hydrogen) atoms. The molecule has 0 fully saturated rings. The van der Waals surface area contributed by atoms with Gasteiger partial charge in [-0.25, -0.2) is 0 Å². The highest BCUT2D eigenvalue weighted by Crippen LogP contribution is 2.47. The Labute approximate surface area is 149 Å². The molecular weight excluding hydrogens is 310 g/mol. The van der Waals surface area contributed by atoms with Crippen molar-refractivity contribution in [3.8, 4) is 11.5 Å². The second-order valence-corrected chi connectivity index (χ2v) is 8.27. The Balaban J connectivity index is 2.00. The highest BCUT2D eigenvalue weighted by Gasteiger charge is 2.39. The molecule has 2 aromatic carbocycles. The molecule has 0 saturated carbocycles. The minimum Gasteiger partial charge on any atom is -0.493 e. The van der Waals surface area contributed by atoms with Gasteiger partial charge in [0.25, 0.3) is 0 Å². The van der Waals surface area contributed by atoms with Crippen molar-refractivity contribution in [2.24, 2.45) is 4.99 Å². The highest BCUT2D eigenvalue weighted by molar-refractivity contribution is 6.16. The van der Waals surface area contributed by atoms with Crippen LogP contribution in [0.2, 0.25) is 0 Å². The van der Waals surface area contributed by atoms with E-state index in [-0.39, 0.29) is 11.1 Å². The number of methoxy groups -OCH3 is 1. The van der Waals surface area contributed by atoms with E-state index in [4.69, 9.17) is 14.5 Å². The first-order chi connectivity index (χ1) is 11.8. The van der Waals surface area contributed by atoms with Crippen molar-refractivity contribution < 1.29 is 9.47 Å². The second-order valence-electron chi connectivity index (χ2n) is 8.27. The molecule has 0 unspecified atom stereocenters. The Morgan fingerprint density at radius 1 is 1.04 bits per heavy atom. The summed E-state index contributed by atoms with van der Waals surface area (Å²) in [7, 11) is 1.72. The van der Waals surface area contributed by atoms with Crippen LogP contribution in [0.1, 0.15) is 49.9 Å². The summed E-state index contributed by atoms with van der Waals surface area (Å²) in [6.07, 6.45) is 1.77. The average molecular weight is 335 g/mol. The van der Waals surface area contributed by atoms with E-state index in [0.717, 1.165) is 35.6 Å². The molecule has 0 N–H and O–H groups in total. The predicted octanol–water partition coefficient (Wildman–Crippen LogP) is 4.58. The van der Waals surface area contributed by atoms with Crippen molar-refractivity contribution in [1.29, 1.82) is 0 Å². The van der Waals surface area contributed by atoms with Crippen molar-refractivity contribution in [2.75, 3.05) is 7.11 Å². The van der Waals surface area contributed by atoms with Gasteiger partial charge in [-0.05, 0) is 45.7 Å². The molecular formula is C22H25NO2. The van der Waals surface area contributed by atoms with Gasteiger partial charge in [0.15, 0.2) is 11.5 Å². The van der Waals surface area contributed by atoms with Crippen LogP contribution in [0.15, 0.2) is 41.4 Å². The van der Waals surface area contributed by atoms with E-state index >= 15 is 0 Å². The third-order valence-corrected chi connectivity index (χ3v) is 4.95. The molecule has 0 saturated heterocycles. The maximum absolute atomic E-state index is 6.24. The number of ether oxygens (including phenoxy) is 2. The molecule has 0 bridgehead atoms. The smallest absolute Gasteiger partial charge is 0.166 e. The first kappa shape index (κ1) is 16.2. The minimum atomic E-state index is -0.223. The van der Waals surface area contributed by atoms with E-state index in [0.29, 0.717) is 0 Å². The predicted molar refractivity (Wildman–Crippen MR) is 101 cm³/mol. The molecule has 0 radical (unpaired) electrons. The Morgan fingerprint density at radius 2 is 1.76 bits per heavy atom. The fourth-order valence-electron chi connectivity index (χ4n) is 4.03. The standard InChI is InChI=1S/C22H25NO2/c1-21(2)12-15-11-17(24-5)20-16(13-22(3,4)25-20)18(15)19(23-21)14-9-7-6-8-10-14/h6-11H,12-13H2,1-5H3. The average Bonchev–Trinajstić information content (AvgIpc) is 2.88. The first-order valence-corrected chi connectivity index (χ1v) is 8.87. The van der Waals surface area contributed by atoms with Crippen LogP contribution in [0.3, 0.4) is 0 Å². The molecule has 2 heterocycles. The van der Waals surface area contributed by atoms with Crippen LogP contribution in [-0.2, 0) is 12.8 Å². The van der Waals surface area contributed by atoms with Crippen LogP contribution in [0.25, 0.3) is 0 Å². The molecule has 3 nitrogen and oxygen atoms in total. The van der Waals surface area contributed by atoms with Crippen molar-refractivity contribution in [3.05, 3.63) is 58.7 Å². The number of aliphatic imine (C=N–C) groups is 1. The molecule has 130 valence electrons. The van der Waals surface area contributed by atoms with Crippen LogP contribution in [0.5, 0.6) is 11.5 Å². The molecule has 2 aliphatic rings. The Hall–Kier alpha value is -2.29. The SMILES string of the molecule is COc1cc2c(c3c1OC(C)(C)C3)C(c1ccccc1)=NC(C)(C)C2. The van der Waals surface area contributed by atoms with E-state index in [9.17, 15) is 0 Å². The van der Waals surface area contributed by atoms with Crippen LogP contribution >= 0.6 is 0 Å². The molecule has 0 amide bonds. The number of benzene rings is 2. The van der Waals surface area contributed by atoms with Crippen LogP contribution in [-0.4, -0.2) is 24.0 Å². The van der Waals surface area contributed by atoms with Gasteiger partial charge in [-0.15, -0.1) is 0 Å². The quantitative estimate of drug-likeness (QED) is 0.804. The lowest BCUT2D eigenvalue weighted by Gasteiger charge is -2.31. The summed E-state index contributed by atoms with van der Waals surface area (Å²) in [6, 6.07) is 12.6. The maximum atomic E-state index is 6.24. The number of hydrogen-bond acceptors (Lipinski definition) is 3. The summed E-state index contributed by atoms with van der Waals surface area (Å²) in [4.78, 5) is 5.13. The van der Waals surface area contributed by atoms with Gasteiger partial charge in [0, 0.05) is 23.1 Å². The maximum Gasteiger partial charge on any atom is 0.166 e. The number of nitrogens with zero attached hydrogens (tertiary/aromatic N) is 1. The Bertz CT molecular complexity index is 863. The monoisotopic (exact) mass is 335 g/mol. The molecule has 2 aromatic rings. The lowest BCUT2D eigenvalue weighted by atomic mass is 9.81. The van der Waals surface area contributed by atoms with Crippen LogP contribution in [0, 0.1) is 0 Å². The van der Waals surface area contributed by atoms with Gasteiger partial charge in [-0.3, -0.25) is 4.99 Å². The summed E-state index contributed by atoms with van der Waals surface area (Å²) >= 11 is 0. The molecule has 0 aliphatic carbocycles. The van der Waals surface area contributed by atoms with Gasteiger partial charge in [0.1, 0.15) is 5.60 Å². The largest absolute Gasteiger partial charge is 0.493 e. The van der Waals surface area contributed by atoms with Gasteiger partial charge < -0.3 is 9.47 Å².